The molecular formula is C16H23BrN2. The zero-order valence-corrected chi connectivity index (χ0v) is 13.4. The summed E-state index contributed by atoms with van der Waals surface area (Å²) < 4.78 is 1.24. The van der Waals surface area contributed by atoms with Gasteiger partial charge in [-0.2, -0.15) is 0 Å². The Balaban J connectivity index is 1.68. The van der Waals surface area contributed by atoms with Gasteiger partial charge in [0.2, 0.25) is 0 Å². The van der Waals surface area contributed by atoms with Crippen molar-refractivity contribution in [3.05, 3.63) is 28.2 Å². The Labute approximate surface area is 124 Å². The third-order valence-corrected chi connectivity index (χ3v) is 5.29. The zero-order chi connectivity index (χ0) is 13.4. The van der Waals surface area contributed by atoms with Gasteiger partial charge in [-0.1, -0.05) is 35.8 Å². The van der Waals surface area contributed by atoms with Crippen molar-refractivity contribution < 1.29 is 0 Å². The van der Waals surface area contributed by atoms with Crippen LogP contribution < -0.4 is 10.2 Å². The second-order valence-corrected chi connectivity index (χ2v) is 7.14. The second-order valence-electron chi connectivity index (χ2n) is 6.29. The Morgan fingerprint density at radius 3 is 2.47 bits per heavy atom. The number of benzene rings is 1. The highest BCUT2D eigenvalue weighted by Crippen LogP contribution is 2.31. The van der Waals surface area contributed by atoms with E-state index in [9.17, 15) is 0 Å². The minimum absolute atomic E-state index is 0.770. The fourth-order valence-corrected chi connectivity index (χ4v) is 3.27. The minimum Gasteiger partial charge on any atom is -0.371 e. The highest BCUT2D eigenvalue weighted by Gasteiger charge is 2.26. The molecule has 104 valence electrons. The molecule has 2 nitrogen and oxygen atoms in total. The summed E-state index contributed by atoms with van der Waals surface area (Å²) in [5.41, 5.74) is 2.73. The van der Waals surface area contributed by atoms with E-state index in [1.807, 2.05) is 0 Å². The van der Waals surface area contributed by atoms with E-state index in [0.717, 1.165) is 24.4 Å². The van der Waals surface area contributed by atoms with Crippen molar-refractivity contribution >= 4 is 21.6 Å². The molecule has 3 heteroatoms. The predicted octanol–water partition coefficient (Wildman–Crippen LogP) is 3.79. The van der Waals surface area contributed by atoms with Crippen LogP contribution in [0.2, 0.25) is 0 Å². The third-order valence-electron chi connectivity index (χ3n) is 4.55. The molecule has 2 atom stereocenters. The number of anilines is 1. The summed E-state index contributed by atoms with van der Waals surface area (Å²) >= 11 is 3.73. The van der Waals surface area contributed by atoms with Crippen LogP contribution in [0.5, 0.6) is 0 Å². The minimum atomic E-state index is 0.770. The molecule has 1 saturated heterocycles. The lowest BCUT2D eigenvalue weighted by atomic mass is 10.0. The van der Waals surface area contributed by atoms with Gasteiger partial charge in [0.15, 0.2) is 0 Å². The monoisotopic (exact) mass is 322 g/mol. The van der Waals surface area contributed by atoms with Crippen LogP contribution in [0.25, 0.3) is 0 Å². The van der Waals surface area contributed by atoms with E-state index < -0.39 is 0 Å². The molecule has 1 heterocycles. The molecular weight excluding hydrogens is 300 g/mol. The zero-order valence-electron chi connectivity index (χ0n) is 11.8. The Morgan fingerprint density at radius 2 is 1.89 bits per heavy atom. The molecule has 1 N–H and O–H groups in total. The number of nitrogens with zero attached hydrogens (tertiary/aromatic N) is 1. The van der Waals surface area contributed by atoms with Gasteiger partial charge in [-0.05, 0) is 42.4 Å². The van der Waals surface area contributed by atoms with Crippen molar-refractivity contribution in [2.75, 3.05) is 18.0 Å². The maximum Gasteiger partial charge on any atom is 0.0377 e. The number of halogens is 1. The van der Waals surface area contributed by atoms with E-state index in [2.05, 4.69) is 58.2 Å². The molecule has 3 rings (SSSR count). The number of hydrogen-bond donors (Lipinski definition) is 1. The highest BCUT2D eigenvalue weighted by atomic mass is 79.9. The number of hydrogen-bond acceptors (Lipinski definition) is 2. The lowest BCUT2D eigenvalue weighted by Crippen LogP contribution is -2.20. The molecule has 1 aliphatic heterocycles. The Morgan fingerprint density at radius 1 is 1.21 bits per heavy atom. The molecule has 2 unspecified atom stereocenters. The van der Waals surface area contributed by atoms with Gasteiger partial charge in [0.1, 0.15) is 0 Å². The molecule has 1 aliphatic carbocycles. The van der Waals surface area contributed by atoms with Gasteiger partial charge >= 0.3 is 0 Å². The lowest BCUT2D eigenvalue weighted by molar-refractivity contribution is 0.494. The average Bonchev–Trinajstić information content (AvgIpc) is 3.14. The molecule has 1 saturated carbocycles. The first-order valence-corrected chi connectivity index (χ1v) is 8.19. The molecule has 1 aromatic rings. The van der Waals surface area contributed by atoms with Crippen molar-refractivity contribution in [1.82, 2.24) is 5.32 Å². The van der Waals surface area contributed by atoms with Crippen LogP contribution in [0.15, 0.2) is 22.7 Å². The number of rotatable bonds is 4. The van der Waals surface area contributed by atoms with Gasteiger partial charge in [0.25, 0.3) is 0 Å². The predicted molar refractivity (Wildman–Crippen MR) is 84.5 cm³/mol. The summed E-state index contributed by atoms with van der Waals surface area (Å²) in [6, 6.07) is 7.60. The highest BCUT2D eigenvalue weighted by molar-refractivity contribution is 9.10. The Bertz CT molecular complexity index is 446. The smallest absolute Gasteiger partial charge is 0.0377 e. The molecule has 2 fully saturated rings. The topological polar surface area (TPSA) is 15.3 Å². The largest absolute Gasteiger partial charge is 0.371 e. The normalized spacial score (nSPS) is 27.0. The van der Waals surface area contributed by atoms with Crippen LogP contribution in [-0.2, 0) is 6.54 Å². The van der Waals surface area contributed by atoms with Crippen LogP contribution in [0.4, 0.5) is 5.69 Å². The summed E-state index contributed by atoms with van der Waals surface area (Å²) in [6.45, 7) is 8.07. The van der Waals surface area contributed by atoms with Crippen molar-refractivity contribution in [3.63, 3.8) is 0 Å². The van der Waals surface area contributed by atoms with Gasteiger partial charge < -0.3 is 10.2 Å². The lowest BCUT2D eigenvalue weighted by Gasteiger charge is -2.19. The van der Waals surface area contributed by atoms with Gasteiger partial charge in [-0.25, -0.2) is 0 Å². The maximum atomic E-state index is 3.73. The average molecular weight is 323 g/mol. The van der Waals surface area contributed by atoms with E-state index in [0.29, 0.717) is 0 Å². The first kappa shape index (κ1) is 13.4. The molecule has 19 heavy (non-hydrogen) atoms. The van der Waals surface area contributed by atoms with Crippen molar-refractivity contribution in [2.24, 2.45) is 11.8 Å². The van der Waals surface area contributed by atoms with Gasteiger partial charge in [0, 0.05) is 35.8 Å². The molecule has 0 spiro atoms. The maximum absolute atomic E-state index is 3.73. The molecule has 2 aliphatic rings. The third kappa shape index (κ3) is 3.14. The molecule has 0 amide bonds. The van der Waals surface area contributed by atoms with Crippen LogP contribution in [0.3, 0.4) is 0 Å². The van der Waals surface area contributed by atoms with Crippen LogP contribution >= 0.6 is 15.9 Å². The first-order valence-electron chi connectivity index (χ1n) is 7.40. The Hall–Kier alpha value is -0.540. The number of nitrogens with one attached hydrogen (secondary N) is 1. The van der Waals surface area contributed by atoms with Gasteiger partial charge in [-0.15, -0.1) is 0 Å². The van der Waals surface area contributed by atoms with E-state index in [-0.39, 0.29) is 0 Å². The fourth-order valence-electron chi connectivity index (χ4n) is 2.76. The summed E-state index contributed by atoms with van der Waals surface area (Å²) in [6.07, 6.45) is 2.69. The molecule has 0 radical (unpaired) electrons. The SMILES string of the molecule is CC1CN(c2ccc(CNC3CC3)c(Br)c2)CC1C. The van der Waals surface area contributed by atoms with E-state index in [4.69, 9.17) is 0 Å². The second kappa shape index (κ2) is 5.45. The fraction of sp³-hybridized carbons (Fsp3) is 0.625. The summed E-state index contributed by atoms with van der Waals surface area (Å²) in [5.74, 6) is 1.60. The van der Waals surface area contributed by atoms with E-state index >= 15 is 0 Å². The van der Waals surface area contributed by atoms with Crippen molar-refractivity contribution in [3.8, 4) is 0 Å². The Kier molecular flexibility index (Phi) is 3.86. The standard InChI is InChI=1S/C16H23BrN2/c1-11-9-19(10-12(11)2)15-6-3-13(16(17)7-15)8-18-14-4-5-14/h3,6-7,11-12,14,18H,4-5,8-10H2,1-2H3. The molecule has 1 aromatic carbocycles. The summed E-state index contributed by atoms with van der Waals surface area (Å²) in [7, 11) is 0. The van der Waals surface area contributed by atoms with Crippen molar-refractivity contribution in [1.29, 1.82) is 0 Å². The first-order chi connectivity index (χ1) is 9.13. The van der Waals surface area contributed by atoms with E-state index in [1.54, 1.807) is 0 Å². The van der Waals surface area contributed by atoms with Crippen LogP contribution in [0, 0.1) is 11.8 Å². The van der Waals surface area contributed by atoms with Crippen LogP contribution in [0.1, 0.15) is 32.3 Å². The van der Waals surface area contributed by atoms with Gasteiger partial charge in [0.05, 0.1) is 0 Å². The van der Waals surface area contributed by atoms with E-state index in [1.165, 1.54) is 41.7 Å². The van der Waals surface area contributed by atoms with Crippen molar-refractivity contribution in [2.45, 2.75) is 39.3 Å². The molecule has 0 aromatic heterocycles. The van der Waals surface area contributed by atoms with Crippen LogP contribution in [-0.4, -0.2) is 19.1 Å². The summed E-state index contributed by atoms with van der Waals surface area (Å²) in [5, 5.41) is 3.57. The molecule has 0 bridgehead atoms. The van der Waals surface area contributed by atoms with Gasteiger partial charge in [-0.3, -0.25) is 0 Å². The summed E-state index contributed by atoms with van der Waals surface area (Å²) in [4.78, 5) is 2.51. The quantitative estimate of drug-likeness (QED) is 0.907.